The Labute approximate surface area is 180 Å². The highest BCUT2D eigenvalue weighted by Gasteiger charge is 2.36. The van der Waals surface area contributed by atoms with Gasteiger partial charge >= 0.3 is 0 Å². The number of H-pyrrole nitrogens is 2. The largest absolute Gasteiger partial charge is 0.382 e. The number of aliphatic hydroxyl groups excluding tert-OH is 2. The van der Waals surface area contributed by atoms with Crippen LogP contribution in [0.4, 0.5) is 0 Å². The second-order valence-electron chi connectivity index (χ2n) is 7.82. The van der Waals surface area contributed by atoms with Crippen LogP contribution >= 0.6 is 0 Å². The van der Waals surface area contributed by atoms with E-state index in [1.165, 1.54) is 0 Å². The van der Waals surface area contributed by atoms with Crippen LogP contribution < -0.4 is 0 Å². The first-order valence-corrected chi connectivity index (χ1v) is 10.0. The third kappa shape index (κ3) is 2.78. The minimum Gasteiger partial charge on any atom is -0.382 e. The molecule has 3 aromatic heterocycles. The third-order valence-corrected chi connectivity index (χ3v) is 5.73. The summed E-state index contributed by atoms with van der Waals surface area (Å²) in [4.78, 5) is 41.8. The number of nitrogens with zero attached hydrogens (tertiary/aromatic N) is 2. The second kappa shape index (κ2) is 6.68. The van der Waals surface area contributed by atoms with Crippen LogP contribution in [-0.4, -0.2) is 53.9 Å². The summed E-state index contributed by atoms with van der Waals surface area (Å²) in [6.45, 7) is 0. The quantitative estimate of drug-likeness (QED) is 0.302. The highest BCUT2D eigenvalue weighted by molar-refractivity contribution is 6.16. The maximum Gasteiger partial charge on any atom is 0.198 e. The van der Waals surface area contributed by atoms with Crippen LogP contribution in [0.1, 0.15) is 43.5 Å². The molecule has 3 aromatic rings. The highest BCUT2D eigenvalue weighted by atomic mass is 16.3. The van der Waals surface area contributed by atoms with Gasteiger partial charge in [0.1, 0.15) is 0 Å². The molecule has 32 heavy (non-hydrogen) atoms. The Kier molecular flexibility index (Phi) is 3.89. The van der Waals surface area contributed by atoms with Crippen LogP contribution in [-0.2, 0) is 0 Å². The molecule has 2 atom stereocenters. The predicted octanol–water partition coefficient (Wildman–Crippen LogP) is 2.76. The molecule has 10 bridgehead atoms. The molecule has 3 aliphatic rings. The Morgan fingerprint density at radius 2 is 1.12 bits per heavy atom. The summed E-state index contributed by atoms with van der Waals surface area (Å²) in [5.41, 5.74) is 4.49. The summed E-state index contributed by atoms with van der Waals surface area (Å²) >= 11 is 0. The maximum atomic E-state index is 13.2. The standard InChI is InChI=1S/C24H16N4O4/c29-21-19-15-5-3-13(26-15)9-11-1-2-12(25-11)10-14-4-6-16(27-14)20(18-8-7-17(19)28-18)22(30)24(32)23(21)31/h1-10,23-24,26-27,31-32H. The Balaban J connectivity index is 1.83. The molecule has 0 aromatic carbocycles. The molecule has 0 saturated heterocycles. The number of carbonyl (C=O) groups is 2. The normalized spacial score (nSPS) is 19.4. The van der Waals surface area contributed by atoms with Crippen molar-refractivity contribution in [1.82, 2.24) is 19.9 Å². The van der Waals surface area contributed by atoms with Gasteiger partial charge in [0.25, 0.3) is 0 Å². The summed E-state index contributed by atoms with van der Waals surface area (Å²) in [7, 11) is 0. The minimum atomic E-state index is -1.94. The van der Waals surface area contributed by atoms with Gasteiger partial charge in [0.2, 0.25) is 0 Å². The topological polar surface area (TPSA) is 132 Å². The van der Waals surface area contributed by atoms with Crippen molar-refractivity contribution in [3.05, 3.63) is 70.3 Å². The van der Waals surface area contributed by atoms with Crippen molar-refractivity contribution in [2.45, 2.75) is 12.2 Å². The number of carbonyl (C=O) groups excluding carboxylic acids is 2. The monoisotopic (exact) mass is 424 g/mol. The fourth-order valence-electron chi connectivity index (χ4n) is 4.17. The Bertz CT molecular complexity index is 1450. The number of rotatable bonds is 0. The van der Waals surface area contributed by atoms with Crippen LogP contribution in [0.3, 0.4) is 0 Å². The van der Waals surface area contributed by atoms with Gasteiger partial charge in [-0.1, -0.05) is 0 Å². The van der Waals surface area contributed by atoms with Crippen molar-refractivity contribution in [2.75, 3.05) is 0 Å². The molecule has 0 radical (unpaired) electrons. The van der Waals surface area contributed by atoms with Crippen LogP contribution in [0.5, 0.6) is 0 Å². The summed E-state index contributed by atoms with van der Waals surface area (Å²) < 4.78 is 0. The SMILES string of the molecule is O=C1c2c3nc(c(c4ccc(cc5nc(cc6ccc2[nH]6)C=C5)[nH]4)C(=O)C(O)C1O)C=C3. The van der Waals surface area contributed by atoms with Gasteiger partial charge in [-0.25, -0.2) is 9.97 Å². The zero-order chi connectivity index (χ0) is 22.0. The molecular weight excluding hydrogens is 408 g/mol. The van der Waals surface area contributed by atoms with Crippen molar-refractivity contribution in [3.63, 3.8) is 0 Å². The number of aromatic nitrogens is 4. The first kappa shape index (κ1) is 18.6. The van der Waals surface area contributed by atoms with E-state index in [9.17, 15) is 19.8 Å². The lowest BCUT2D eigenvalue weighted by Crippen LogP contribution is -2.40. The van der Waals surface area contributed by atoms with Crippen LogP contribution in [0, 0.1) is 0 Å². The molecule has 4 N–H and O–H groups in total. The predicted molar refractivity (Wildman–Crippen MR) is 120 cm³/mol. The molecule has 0 amide bonds. The fourth-order valence-corrected chi connectivity index (χ4v) is 4.17. The van der Waals surface area contributed by atoms with Gasteiger partial charge in [-0.2, -0.15) is 0 Å². The number of hydrogen-bond donors (Lipinski definition) is 4. The third-order valence-electron chi connectivity index (χ3n) is 5.73. The smallest absolute Gasteiger partial charge is 0.198 e. The maximum absolute atomic E-state index is 13.2. The van der Waals surface area contributed by atoms with Gasteiger partial charge < -0.3 is 20.2 Å². The first-order valence-electron chi connectivity index (χ1n) is 10.0. The summed E-state index contributed by atoms with van der Waals surface area (Å²) in [5, 5.41) is 21.2. The van der Waals surface area contributed by atoms with Gasteiger partial charge in [0.15, 0.2) is 23.8 Å². The molecule has 8 heteroatoms. The van der Waals surface area contributed by atoms with Gasteiger partial charge in [-0.05, 0) is 60.7 Å². The van der Waals surface area contributed by atoms with E-state index in [0.29, 0.717) is 33.5 Å². The molecule has 156 valence electrons. The van der Waals surface area contributed by atoms with E-state index in [1.54, 1.807) is 36.4 Å². The molecule has 0 spiro atoms. The summed E-state index contributed by atoms with van der Waals surface area (Å²) in [6, 6.07) is 10.6. The number of hydrogen-bond acceptors (Lipinski definition) is 6. The van der Waals surface area contributed by atoms with Crippen molar-refractivity contribution in [2.24, 2.45) is 0 Å². The number of aliphatic hydroxyl groups is 2. The van der Waals surface area contributed by atoms with E-state index in [2.05, 4.69) is 19.9 Å². The van der Waals surface area contributed by atoms with Gasteiger partial charge in [0.05, 0.1) is 44.9 Å². The van der Waals surface area contributed by atoms with Crippen LogP contribution in [0.2, 0.25) is 0 Å². The summed E-state index contributed by atoms with van der Waals surface area (Å²) in [6.07, 6.45) is 3.13. The molecule has 0 saturated carbocycles. The molecule has 2 unspecified atom stereocenters. The Morgan fingerprint density at radius 1 is 0.656 bits per heavy atom. The number of Topliss-reactive ketones (excluding diaryl/α,β-unsaturated/α-hetero) is 2. The van der Waals surface area contributed by atoms with E-state index in [1.807, 2.05) is 24.3 Å². The molecule has 0 aliphatic carbocycles. The molecule has 3 aliphatic heterocycles. The molecule has 0 fully saturated rings. The molecule has 6 heterocycles. The van der Waals surface area contributed by atoms with Crippen molar-refractivity contribution >= 4 is 57.9 Å². The van der Waals surface area contributed by atoms with E-state index in [-0.39, 0.29) is 11.1 Å². The van der Waals surface area contributed by atoms with Gasteiger partial charge in [0, 0.05) is 11.0 Å². The molecule has 8 nitrogen and oxygen atoms in total. The van der Waals surface area contributed by atoms with Gasteiger partial charge in [-0.15, -0.1) is 0 Å². The number of aromatic amines is 2. The highest BCUT2D eigenvalue weighted by Crippen LogP contribution is 2.28. The Hall–Kier alpha value is -4.14. The van der Waals surface area contributed by atoms with Crippen LogP contribution in [0.15, 0.2) is 36.4 Å². The average Bonchev–Trinajstić information content (AvgIpc) is 3.57. The van der Waals surface area contributed by atoms with Crippen LogP contribution in [0.25, 0.3) is 46.4 Å². The second-order valence-corrected chi connectivity index (χ2v) is 7.82. The molecule has 6 rings (SSSR count). The van der Waals surface area contributed by atoms with Crippen molar-refractivity contribution in [3.8, 4) is 0 Å². The number of fused-ring (bicyclic) bond motifs is 8. The van der Waals surface area contributed by atoms with Gasteiger partial charge in [-0.3, -0.25) is 9.59 Å². The lowest BCUT2D eigenvalue weighted by atomic mass is 9.94. The first-order chi connectivity index (χ1) is 15.5. The number of ketones is 2. The zero-order valence-corrected chi connectivity index (χ0v) is 16.5. The van der Waals surface area contributed by atoms with E-state index in [4.69, 9.17) is 0 Å². The lowest BCUT2D eigenvalue weighted by molar-refractivity contribution is 0.0218. The minimum absolute atomic E-state index is 0.0975. The fraction of sp³-hybridized carbons (Fsp3) is 0.0833. The molecular formula is C24H16N4O4. The van der Waals surface area contributed by atoms with E-state index >= 15 is 0 Å². The van der Waals surface area contributed by atoms with Crippen molar-refractivity contribution in [1.29, 1.82) is 0 Å². The average molecular weight is 424 g/mol. The van der Waals surface area contributed by atoms with E-state index in [0.717, 1.165) is 11.4 Å². The van der Waals surface area contributed by atoms with Crippen molar-refractivity contribution < 1.29 is 19.8 Å². The lowest BCUT2D eigenvalue weighted by Gasteiger charge is -2.16. The Morgan fingerprint density at radius 3 is 1.59 bits per heavy atom. The summed E-state index contributed by atoms with van der Waals surface area (Å²) in [5.74, 6) is -1.58. The number of nitrogens with one attached hydrogen (secondary N) is 2. The zero-order valence-electron chi connectivity index (χ0n) is 16.5. The van der Waals surface area contributed by atoms with E-state index < -0.39 is 23.8 Å².